The monoisotopic (exact) mass is 415 g/mol. The second-order valence-electron chi connectivity index (χ2n) is 6.05. The Balaban J connectivity index is 1.76. The molecule has 0 unspecified atom stereocenters. The number of rotatable bonds is 5. The van der Waals surface area contributed by atoms with E-state index >= 15 is 0 Å². The van der Waals surface area contributed by atoms with Crippen LogP contribution in [0.5, 0.6) is 0 Å². The number of amides is 2. The Morgan fingerprint density at radius 1 is 0.821 bits per heavy atom. The highest BCUT2D eigenvalue weighted by atomic mass is 35.5. The van der Waals surface area contributed by atoms with E-state index in [1.54, 1.807) is 60.7 Å². The summed E-state index contributed by atoms with van der Waals surface area (Å²) in [5.74, 6) is 0. The van der Waals surface area contributed by atoms with Gasteiger partial charge in [0.25, 0.3) is 10.0 Å². The van der Waals surface area contributed by atoms with Gasteiger partial charge in [-0.25, -0.2) is 13.2 Å². The Bertz CT molecular complexity index is 1080. The fraction of sp³-hybridized carbons (Fsp3) is 0.0500. The highest BCUT2D eigenvalue weighted by molar-refractivity contribution is 7.92. The largest absolute Gasteiger partial charge is 0.323 e. The molecule has 0 bridgehead atoms. The standard InChI is InChI=1S/C20H18ClN3O3S/c1-14-6-12-17(13-7-14)28(26,27)24-19-5-3-2-4-18(19)23-20(25)22-16-10-8-15(21)9-11-16/h2-13,24H,1H3,(H2,22,23,25). The molecule has 0 spiro atoms. The number of para-hydroxylation sites is 2. The minimum absolute atomic E-state index is 0.138. The first-order valence-electron chi connectivity index (χ1n) is 8.35. The minimum atomic E-state index is -3.79. The summed E-state index contributed by atoms with van der Waals surface area (Å²) in [6.07, 6.45) is 0. The van der Waals surface area contributed by atoms with E-state index in [0.717, 1.165) is 5.56 Å². The third kappa shape index (κ3) is 5.03. The van der Waals surface area contributed by atoms with Crippen molar-refractivity contribution in [3.8, 4) is 0 Å². The van der Waals surface area contributed by atoms with Gasteiger partial charge in [-0.15, -0.1) is 0 Å². The Morgan fingerprint density at radius 3 is 2.07 bits per heavy atom. The number of sulfonamides is 1. The molecule has 28 heavy (non-hydrogen) atoms. The predicted molar refractivity (Wildman–Crippen MR) is 113 cm³/mol. The molecule has 0 heterocycles. The SMILES string of the molecule is Cc1ccc(S(=O)(=O)Nc2ccccc2NC(=O)Nc2ccc(Cl)cc2)cc1. The summed E-state index contributed by atoms with van der Waals surface area (Å²) in [5, 5.41) is 5.86. The molecule has 0 aliphatic rings. The van der Waals surface area contributed by atoms with Gasteiger partial charge in [-0.3, -0.25) is 4.72 Å². The first-order chi connectivity index (χ1) is 13.3. The Labute approximate surface area is 168 Å². The van der Waals surface area contributed by atoms with Crippen LogP contribution in [0.4, 0.5) is 21.9 Å². The molecule has 3 aromatic carbocycles. The number of anilines is 3. The average Bonchev–Trinajstić information content (AvgIpc) is 2.65. The maximum Gasteiger partial charge on any atom is 0.323 e. The van der Waals surface area contributed by atoms with Crippen LogP contribution in [0.1, 0.15) is 5.56 Å². The number of benzene rings is 3. The number of carbonyl (C=O) groups excluding carboxylic acids is 1. The topological polar surface area (TPSA) is 87.3 Å². The molecular weight excluding hydrogens is 398 g/mol. The lowest BCUT2D eigenvalue weighted by Crippen LogP contribution is -2.21. The molecule has 0 atom stereocenters. The van der Waals surface area contributed by atoms with E-state index in [-0.39, 0.29) is 10.6 Å². The number of nitrogens with one attached hydrogen (secondary N) is 3. The average molecular weight is 416 g/mol. The molecule has 0 aliphatic heterocycles. The summed E-state index contributed by atoms with van der Waals surface area (Å²) in [7, 11) is -3.79. The van der Waals surface area contributed by atoms with Crippen LogP contribution >= 0.6 is 11.6 Å². The summed E-state index contributed by atoms with van der Waals surface area (Å²) in [4.78, 5) is 12.4. The summed E-state index contributed by atoms with van der Waals surface area (Å²) >= 11 is 5.83. The first-order valence-corrected chi connectivity index (χ1v) is 10.2. The molecule has 6 nitrogen and oxygen atoms in total. The smallest absolute Gasteiger partial charge is 0.308 e. The minimum Gasteiger partial charge on any atom is -0.308 e. The molecule has 0 aliphatic carbocycles. The number of hydrogen-bond acceptors (Lipinski definition) is 3. The van der Waals surface area contributed by atoms with Gasteiger partial charge in [0, 0.05) is 10.7 Å². The van der Waals surface area contributed by atoms with E-state index in [1.165, 1.54) is 12.1 Å². The Kier molecular flexibility index (Phi) is 5.87. The molecular formula is C20H18ClN3O3S. The fourth-order valence-electron chi connectivity index (χ4n) is 2.42. The van der Waals surface area contributed by atoms with Gasteiger partial charge in [0.15, 0.2) is 0 Å². The Morgan fingerprint density at radius 2 is 1.43 bits per heavy atom. The maximum absolute atomic E-state index is 12.6. The number of carbonyl (C=O) groups is 1. The van der Waals surface area contributed by atoms with E-state index < -0.39 is 16.1 Å². The van der Waals surface area contributed by atoms with Gasteiger partial charge in [-0.1, -0.05) is 41.4 Å². The van der Waals surface area contributed by atoms with E-state index in [9.17, 15) is 13.2 Å². The lowest BCUT2D eigenvalue weighted by atomic mass is 10.2. The normalized spacial score (nSPS) is 10.9. The molecule has 0 aromatic heterocycles. The van der Waals surface area contributed by atoms with Crippen LogP contribution < -0.4 is 15.4 Å². The van der Waals surface area contributed by atoms with Gasteiger partial charge in [0.1, 0.15) is 0 Å². The van der Waals surface area contributed by atoms with Crippen LogP contribution in [0.25, 0.3) is 0 Å². The van der Waals surface area contributed by atoms with E-state index in [1.807, 2.05) is 6.92 Å². The van der Waals surface area contributed by atoms with E-state index in [2.05, 4.69) is 15.4 Å². The van der Waals surface area contributed by atoms with Gasteiger partial charge in [0.2, 0.25) is 0 Å². The number of aryl methyl sites for hydroxylation is 1. The van der Waals surface area contributed by atoms with Crippen molar-refractivity contribution in [3.63, 3.8) is 0 Å². The van der Waals surface area contributed by atoms with Crippen molar-refractivity contribution in [2.24, 2.45) is 0 Å². The molecule has 3 N–H and O–H groups in total. The van der Waals surface area contributed by atoms with E-state index in [4.69, 9.17) is 11.6 Å². The molecule has 3 rings (SSSR count). The van der Waals surface area contributed by atoms with Crippen molar-refractivity contribution in [1.82, 2.24) is 0 Å². The quantitative estimate of drug-likeness (QED) is 0.542. The zero-order valence-electron chi connectivity index (χ0n) is 14.9. The molecule has 144 valence electrons. The fourth-order valence-corrected chi connectivity index (χ4v) is 3.63. The van der Waals surface area contributed by atoms with Gasteiger partial charge >= 0.3 is 6.03 Å². The van der Waals surface area contributed by atoms with Crippen molar-refractivity contribution in [1.29, 1.82) is 0 Å². The predicted octanol–water partition coefficient (Wildman–Crippen LogP) is 5.09. The van der Waals surface area contributed by atoms with Crippen molar-refractivity contribution in [2.75, 3.05) is 15.4 Å². The van der Waals surface area contributed by atoms with E-state index in [0.29, 0.717) is 16.4 Å². The maximum atomic E-state index is 12.6. The van der Waals surface area contributed by atoms with Gasteiger partial charge in [-0.2, -0.15) is 0 Å². The van der Waals surface area contributed by atoms with Gasteiger partial charge < -0.3 is 10.6 Å². The zero-order chi connectivity index (χ0) is 20.1. The van der Waals surface area contributed by atoms with Crippen LogP contribution in [0.2, 0.25) is 5.02 Å². The van der Waals surface area contributed by atoms with Crippen LogP contribution in [-0.4, -0.2) is 14.4 Å². The summed E-state index contributed by atoms with van der Waals surface area (Å²) in [5.41, 5.74) is 2.10. The first kappa shape index (κ1) is 19.7. The van der Waals surface area contributed by atoms with Crippen molar-refractivity contribution in [2.45, 2.75) is 11.8 Å². The molecule has 8 heteroatoms. The molecule has 0 radical (unpaired) electrons. The van der Waals surface area contributed by atoms with Crippen LogP contribution in [0, 0.1) is 6.92 Å². The summed E-state index contributed by atoms with van der Waals surface area (Å²) < 4.78 is 27.8. The third-order valence-corrected chi connectivity index (χ3v) is 5.49. The highest BCUT2D eigenvalue weighted by Crippen LogP contribution is 2.25. The third-order valence-electron chi connectivity index (χ3n) is 3.85. The second kappa shape index (κ2) is 8.33. The van der Waals surface area contributed by atoms with Gasteiger partial charge in [0.05, 0.1) is 16.3 Å². The summed E-state index contributed by atoms with van der Waals surface area (Å²) in [6.45, 7) is 1.88. The molecule has 0 saturated carbocycles. The second-order valence-corrected chi connectivity index (χ2v) is 8.17. The molecule has 0 fully saturated rings. The number of hydrogen-bond donors (Lipinski definition) is 3. The van der Waals surface area contributed by atoms with Crippen molar-refractivity contribution < 1.29 is 13.2 Å². The zero-order valence-corrected chi connectivity index (χ0v) is 16.5. The van der Waals surface area contributed by atoms with Crippen LogP contribution in [0.15, 0.2) is 77.7 Å². The van der Waals surface area contributed by atoms with Gasteiger partial charge in [-0.05, 0) is 55.5 Å². The number of urea groups is 1. The molecule has 3 aromatic rings. The lowest BCUT2D eigenvalue weighted by molar-refractivity contribution is 0.262. The van der Waals surface area contributed by atoms with Crippen molar-refractivity contribution >= 4 is 44.7 Å². The molecule has 0 saturated heterocycles. The number of halogens is 1. The summed E-state index contributed by atoms with van der Waals surface area (Å²) in [6, 6.07) is 19.2. The van der Waals surface area contributed by atoms with Crippen LogP contribution in [0.3, 0.4) is 0 Å². The highest BCUT2D eigenvalue weighted by Gasteiger charge is 2.16. The Hall–Kier alpha value is -3.03. The molecule has 2 amide bonds. The van der Waals surface area contributed by atoms with Crippen LogP contribution in [-0.2, 0) is 10.0 Å². The van der Waals surface area contributed by atoms with Crippen molar-refractivity contribution in [3.05, 3.63) is 83.4 Å². The lowest BCUT2D eigenvalue weighted by Gasteiger charge is -2.14.